The number of para-hydroxylation sites is 1. The molecule has 1 atom stereocenters. The van der Waals surface area contributed by atoms with E-state index in [2.05, 4.69) is 10.3 Å². The second-order valence-electron chi connectivity index (χ2n) is 6.43. The van der Waals surface area contributed by atoms with Crippen molar-refractivity contribution in [3.05, 3.63) is 59.3 Å². The van der Waals surface area contributed by atoms with Gasteiger partial charge in [0.25, 0.3) is 5.91 Å². The molecule has 5 N–H and O–H groups in total. The number of carbonyl (C=O) groups is 1. The Bertz CT molecular complexity index is 1020. The highest BCUT2D eigenvalue weighted by atomic mass is 16.5. The van der Waals surface area contributed by atoms with Crippen molar-refractivity contribution in [3.8, 4) is 11.5 Å². The Hall–Kier alpha value is -3.32. The maximum Gasteiger partial charge on any atom is 0.250 e. The minimum absolute atomic E-state index is 0.179. The average molecular weight is 380 g/mol. The van der Waals surface area contributed by atoms with E-state index in [1.807, 2.05) is 31.2 Å². The van der Waals surface area contributed by atoms with Crippen LogP contribution in [0, 0.1) is 6.92 Å². The first-order chi connectivity index (χ1) is 13.5. The van der Waals surface area contributed by atoms with Gasteiger partial charge in [-0.25, -0.2) is 0 Å². The number of benzene rings is 2. The van der Waals surface area contributed by atoms with E-state index in [0.29, 0.717) is 29.1 Å². The van der Waals surface area contributed by atoms with Crippen molar-refractivity contribution in [2.45, 2.75) is 13.0 Å². The molecule has 0 aliphatic carbocycles. The zero-order valence-corrected chi connectivity index (χ0v) is 16.2. The molecule has 3 rings (SSSR count). The van der Waals surface area contributed by atoms with Gasteiger partial charge in [-0.2, -0.15) is 0 Å². The molecule has 0 radical (unpaired) electrons. The molecule has 0 spiro atoms. The first-order valence-electron chi connectivity index (χ1n) is 8.86. The number of nitrogens with one attached hydrogen (secondary N) is 1. The first-order valence-corrected chi connectivity index (χ1v) is 8.86. The molecular formula is C21H24N4O3. The number of hydrogen-bond donors (Lipinski definition) is 3. The fourth-order valence-corrected chi connectivity index (χ4v) is 3.24. The van der Waals surface area contributed by atoms with Crippen LogP contribution in [0.1, 0.15) is 27.5 Å². The van der Waals surface area contributed by atoms with Gasteiger partial charge in [-0.05, 0) is 36.2 Å². The van der Waals surface area contributed by atoms with E-state index in [1.54, 1.807) is 32.5 Å². The lowest BCUT2D eigenvalue weighted by Gasteiger charge is -2.22. The minimum Gasteiger partial charge on any atom is -0.493 e. The molecule has 2 aromatic carbocycles. The van der Waals surface area contributed by atoms with Gasteiger partial charge in [-0.15, -0.1) is 0 Å². The molecule has 7 heteroatoms. The number of aromatic nitrogens is 1. The lowest BCUT2D eigenvalue weighted by atomic mass is 10.0. The molecule has 1 aromatic heterocycles. The van der Waals surface area contributed by atoms with Gasteiger partial charge in [0.05, 0.1) is 31.3 Å². The highest BCUT2D eigenvalue weighted by Gasteiger charge is 2.17. The second kappa shape index (κ2) is 8.14. The number of amides is 1. The summed E-state index contributed by atoms with van der Waals surface area (Å²) < 4.78 is 10.7. The first kappa shape index (κ1) is 19.4. The van der Waals surface area contributed by atoms with Gasteiger partial charge in [0.1, 0.15) is 0 Å². The molecule has 0 saturated heterocycles. The van der Waals surface area contributed by atoms with E-state index >= 15 is 0 Å². The highest BCUT2D eigenvalue weighted by molar-refractivity contribution is 6.08. The summed E-state index contributed by atoms with van der Waals surface area (Å²) in [4.78, 5) is 16.2. The largest absolute Gasteiger partial charge is 0.493 e. The molecule has 1 amide bonds. The summed E-state index contributed by atoms with van der Waals surface area (Å²) in [6, 6.07) is 10.9. The van der Waals surface area contributed by atoms with Crippen LogP contribution in [0.2, 0.25) is 0 Å². The summed E-state index contributed by atoms with van der Waals surface area (Å²) in [6.45, 7) is 2.31. The van der Waals surface area contributed by atoms with E-state index in [4.69, 9.17) is 20.9 Å². The van der Waals surface area contributed by atoms with Gasteiger partial charge in [0.2, 0.25) is 0 Å². The van der Waals surface area contributed by atoms with Crippen LogP contribution in [0.3, 0.4) is 0 Å². The summed E-state index contributed by atoms with van der Waals surface area (Å²) in [5.41, 5.74) is 15.3. The van der Waals surface area contributed by atoms with Crippen LogP contribution in [0.25, 0.3) is 10.9 Å². The number of aryl methyl sites for hydroxylation is 1. The van der Waals surface area contributed by atoms with Crippen molar-refractivity contribution in [1.82, 2.24) is 4.98 Å². The number of methoxy groups -OCH3 is 2. The molecule has 0 aliphatic rings. The fourth-order valence-electron chi connectivity index (χ4n) is 3.24. The predicted octanol–water partition coefficient (Wildman–Crippen LogP) is 2.77. The number of fused-ring (bicyclic) bond motifs is 1. The summed E-state index contributed by atoms with van der Waals surface area (Å²) in [6.07, 6.45) is 1.72. The van der Waals surface area contributed by atoms with Crippen molar-refractivity contribution in [2.24, 2.45) is 11.5 Å². The van der Waals surface area contributed by atoms with Crippen molar-refractivity contribution >= 4 is 22.5 Å². The Morgan fingerprint density at radius 1 is 1.18 bits per heavy atom. The molecule has 0 bridgehead atoms. The molecule has 0 aliphatic heterocycles. The number of carbonyl (C=O) groups excluding carboxylic acids is 1. The summed E-state index contributed by atoms with van der Waals surface area (Å²) in [5, 5.41) is 4.31. The Kier molecular flexibility index (Phi) is 5.65. The molecule has 28 heavy (non-hydrogen) atoms. The topological polar surface area (TPSA) is 112 Å². The van der Waals surface area contributed by atoms with E-state index in [9.17, 15) is 4.79 Å². The molecule has 0 fully saturated rings. The van der Waals surface area contributed by atoms with Crippen LogP contribution < -0.4 is 26.3 Å². The van der Waals surface area contributed by atoms with E-state index in [-0.39, 0.29) is 6.04 Å². The Morgan fingerprint density at radius 3 is 2.57 bits per heavy atom. The standard InChI is InChI=1S/C21H24N4O3/c1-12-11-24-20-14(5-4-6-15(20)21(23)26)19(12)25-16(10-22)13-7-8-17(27-2)18(9-13)28-3/h4-9,11,16H,10,22H2,1-3H3,(H2,23,26)(H,24,25)/t16-/m1/s1. The molecule has 0 unspecified atom stereocenters. The van der Waals surface area contributed by atoms with Crippen molar-refractivity contribution in [3.63, 3.8) is 0 Å². The lowest BCUT2D eigenvalue weighted by molar-refractivity contribution is 0.100. The third-order valence-electron chi connectivity index (χ3n) is 4.72. The molecule has 7 nitrogen and oxygen atoms in total. The van der Waals surface area contributed by atoms with Crippen LogP contribution >= 0.6 is 0 Å². The maximum absolute atomic E-state index is 11.8. The van der Waals surface area contributed by atoms with Crippen molar-refractivity contribution in [2.75, 3.05) is 26.1 Å². The second-order valence-corrected chi connectivity index (χ2v) is 6.43. The molecule has 1 heterocycles. The molecule has 3 aromatic rings. The summed E-state index contributed by atoms with van der Waals surface area (Å²) in [5.74, 6) is 0.773. The molecule has 0 saturated carbocycles. The fraction of sp³-hybridized carbons (Fsp3) is 0.238. The van der Waals surface area contributed by atoms with Gasteiger partial charge >= 0.3 is 0 Å². The Morgan fingerprint density at radius 2 is 1.93 bits per heavy atom. The Labute approximate surface area is 163 Å². The SMILES string of the molecule is COc1ccc([C@@H](CN)Nc2c(C)cnc3c(C(N)=O)cccc23)cc1OC. The van der Waals surface area contributed by atoms with Crippen LogP contribution in [0.15, 0.2) is 42.6 Å². The van der Waals surface area contributed by atoms with Crippen molar-refractivity contribution < 1.29 is 14.3 Å². The summed E-state index contributed by atoms with van der Waals surface area (Å²) >= 11 is 0. The third-order valence-corrected chi connectivity index (χ3v) is 4.72. The Balaban J connectivity index is 2.06. The van der Waals surface area contributed by atoms with Gasteiger partial charge in [0.15, 0.2) is 11.5 Å². The highest BCUT2D eigenvalue weighted by Crippen LogP contribution is 2.33. The monoisotopic (exact) mass is 380 g/mol. The number of pyridine rings is 1. The van der Waals surface area contributed by atoms with E-state index in [0.717, 1.165) is 22.2 Å². The van der Waals surface area contributed by atoms with E-state index in [1.165, 1.54) is 0 Å². The van der Waals surface area contributed by atoms with Crippen LogP contribution in [-0.2, 0) is 0 Å². The number of ether oxygens (including phenoxy) is 2. The zero-order valence-electron chi connectivity index (χ0n) is 16.2. The number of nitrogens with two attached hydrogens (primary N) is 2. The predicted molar refractivity (Wildman–Crippen MR) is 110 cm³/mol. The van der Waals surface area contributed by atoms with Gasteiger partial charge in [-0.3, -0.25) is 9.78 Å². The number of rotatable bonds is 7. The van der Waals surface area contributed by atoms with Crippen LogP contribution in [0.4, 0.5) is 5.69 Å². The minimum atomic E-state index is -0.511. The van der Waals surface area contributed by atoms with Gasteiger partial charge in [0, 0.05) is 23.8 Å². The maximum atomic E-state index is 11.8. The number of primary amides is 1. The molecular weight excluding hydrogens is 356 g/mol. The number of hydrogen-bond acceptors (Lipinski definition) is 6. The smallest absolute Gasteiger partial charge is 0.250 e. The average Bonchev–Trinajstić information content (AvgIpc) is 2.72. The van der Waals surface area contributed by atoms with Crippen LogP contribution in [-0.4, -0.2) is 31.7 Å². The lowest BCUT2D eigenvalue weighted by Crippen LogP contribution is -2.21. The zero-order chi connectivity index (χ0) is 20.3. The quantitative estimate of drug-likeness (QED) is 0.581. The molecule has 146 valence electrons. The van der Waals surface area contributed by atoms with Crippen LogP contribution in [0.5, 0.6) is 11.5 Å². The third kappa shape index (κ3) is 3.57. The van der Waals surface area contributed by atoms with E-state index < -0.39 is 5.91 Å². The number of nitrogens with zero attached hydrogens (tertiary/aromatic N) is 1. The van der Waals surface area contributed by atoms with Gasteiger partial charge < -0.3 is 26.3 Å². The van der Waals surface area contributed by atoms with Crippen molar-refractivity contribution in [1.29, 1.82) is 0 Å². The number of anilines is 1. The summed E-state index contributed by atoms with van der Waals surface area (Å²) in [7, 11) is 3.19. The van der Waals surface area contributed by atoms with Gasteiger partial charge in [-0.1, -0.05) is 18.2 Å². The normalized spacial score (nSPS) is 11.9.